The molecule has 7 heteroatoms. The van der Waals surface area contributed by atoms with Crippen LogP contribution in [0.3, 0.4) is 0 Å². The highest BCUT2D eigenvalue weighted by molar-refractivity contribution is 5.58. The smallest absolute Gasteiger partial charge is 0.134 e. The second kappa shape index (κ2) is 7.93. The number of hydrogen-bond donors (Lipinski definition) is 1. The molecule has 2 aromatic rings. The van der Waals surface area contributed by atoms with Crippen molar-refractivity contribution in [1.82, 2.24) is 14.9 Å². The molecule has 0 radical (unpaired) electrons. The van der Waals surface area contributed by atoms with Crippen molar-refractivity contribution in [2.24, 2.45) is 0 Å². The van der Waals surface area contributed by atoms with Gasteiger partial charge in [-0.1, -0.05) is 18.2 Å². The Hall–Kier alpha value is -2.38. The van der Waals surface area contributed by atoms with Crippen molar-refractivity contribution >= 4 is 17.3 Å². The summed E-state index contributed by atoms with van der Waals surface area (Å²) in [7, 11) is 6.28. The Labute approximate surface area is 167 Å². The molecule has 0 aliphatic carbocycles. The molecule has 0 amide bonds. The average molecular weight is 383 g/mol. The lowest BCUT2D eigenvalue weighted by atomic mass is 10.1. The number of likely N-dealkylation sites (N-methyl/N-ethyl adjacent to an activating group) is 2. The van der Waals surface area contributed by atoms with Crippen LogP contribution in [0.15, 0.2) is 36.7 Å². The number of aromatic nitrogens is 2. The fraction of sp³-hybridized carbons (Fsp3) is 0.524. The monoisotopic (exact) mass is 382 g/mol. The molecule has 2 aliphatic heterocycles. The van der Waals surface area contributed by atoms with Crippen molar-refractivity contribution < 1.29 is 5.11 Å². The van der Waals surface area contributed by atoms with Gasteiger partial charge in [0.1, 0.15) is 18.0 Å². The summed E-state index contributed by atoms with van der Waals surface area (Å²) < 4.78 is 0. The zero-order valence-electron chi connectivity index (χ0n) is 17.0. The summed E-state index contributed by atoms with van der Waals surface area (Å²) in [5.74, 6) is 1.85. The second-order valence-corrected chi connectivity index (χ2v) is 8.16. The molecular formula is C21H30N6O. The van der Waals surface area contributed by atoms with Gasteiger partial charge in [-0.25, -0.2) is 9.97 Å². The Kier molecular flexibility index (Phi) is 5.37. The molecular weight excluding hydrogens is 352 g/mol. The molecule has 4 rings (SSSR count). The standard InChI is InChI=1S/C21H30N6O/c1-24(2)13-17-10-18(28)14-27(17)21-11-20(22-15-23-21)26-9-8-25(3)19-7-5-4-6-16(19)12-26/h4-7,11,15,17-18,28H,8-10,12-14H2,1-3H3/t17-,18-/m1/s1. The lowest BCUT2D eigenvalue weighted by Gasteiger charge is -2.29. The minimum absolute atomic E-state index is 0.267. The van der Waals surface area contributed by atoms with Crippen LogP contribution in [0.2, 0.25) is 0 Å². The molecule has 7 nitrogen and oxygen atoms in total. The van der Waals surface area contributed by atoms with Crippen LogP contribution in [-0.2, 0) is 6.54 Å². The number of anilines is 3. The van der Waals surface area contributed by atoms with E-state index in [1.807, 2.05) is 0 Å². The Balaban J connectivity index is 1.59. The van der Waals surface area contributed by atoms with E-state index in [2.05, 4.69) is 81.0 Å². The van der Waals surface area contributed by atoms with E-state index < -0.39 is 0 Å². The minimum atomic E-state index is -0.304. The quantitative estimate of drug-likeness (QED) is 0.858. The number of nitrogens with zero attached hydrogens (tertiary/aromatic N) is 6. The predicted octanol–water partition coefficient (Wildman–Crippen LogP) is 1.43. The first-order chi connectivity index (χ1) is 13.5. The molecule has 1 N–H and O–H groups in total. The van der Waals surface area contributed by atoms with Crippen LogP contribution in [0.25, 0.3) is 0 Å². The zero-order chi connectivity index (χ0) is 19.7. The minimum Gasteiger partial charge on any atom is -0.391 e. The van der Waals surface area contributed by atoms with Gasteiger partial charge in [-0.3, -0.25) is 0 Å². The van der Waals surface area contributed by atoms with Crippen LogP contribution in [0.5, 0.6) is 0 Å². The fourth-order valence-corrected chi connectivity index (χ4v) is 4.32. The van der Waals surface area contributed by atoms with E-state index in [1.165, 1.54) is 11.3 Å². The van der Waals surface area contributed by atoms with Crippen LogP contribution in [0.1, 0.15) is 12.0 Å². The predicted molar refractivity (Wildman–Crippen MR) is 113 cm³/mol. The number of aliphatic hydroxyl groups excluding tert-OH is 1. The van der Waals surface area contributed by atoms with Gasteiger partial charge in [0.25, 0.3) is 0 Å². The number of fused-ring (bicyclic) bond motifs is 1. The number of aliphatic hydroxyl groups is 1. The van der Waals surface area contributed by atoms with Gasteiger partial charge in [-0.2, -0.15) is 0 Å². The van der Waals surface area contributed by atoms with Gasteiger partial charge in [0.15, 0.2) is 0 Å². The van der Waals surface area contributed by atoms with Crippen LogP contribution in [0.4, 0.5) is 17.3 Å². The van der Waals surface area contributed by atoms with Gasteiger partial charge < -0.3 is 24.7 Å². The number of β-amino-alcohol motifs (C(OH)–C–C–N with tert-alkyl or cyclic N) is 1. The lowest BCUT2D eigenvalue weighted by Crippen LogP contribution is -2.38. The molecule has 2 aliphatic rings. The molecule has 0 unspecified atom stereocenters. The van der Waals surface area contributed by atoms with Gasteiger partial charge in [0.2, 0.25) is 0 Å². The van der Waals surface area contributed by atoms with E-state index >= 15 is 0 Å². The van der Waals surface area contributed by atoms with Gasteiger partial charge in [0.05, 0.1) is 6.10 Å². The maximum Gasteiger partial charge on any atom is 0.134 e. The molecule has 3 heterocycles. The van der Waals surface area contributed by atoms with Gasteiger partial charge in [-0.15, -0.1) is 0 Å². The maximum absolute atomic E-state index is 10.2. The summed E-state index contributed by atoms with van der Waals surface area (Å²) in [6.07, 6.45) is 2.13. The molecule has 0 spiro atoms. The van der Waals surface area contributed by atoms with Crippen molar-refractivity contribution in [2.75, 3.05) is 62.0 Å². The average Bonchev–Trinajstić information content (AvgIpc) is 2.95. The Morgan fingerprint density at radius 3 is 2.75 bits per heavy atom. The van der Waals surface area contributed by atoms with E-state index in [4.69, 9.17) is 0 Å². The van der Waals surface area contributed by atoms with E-state index in [0.717, 1.165) is 44.2 Å². The summed E-state index contributed by atoms with van der Waals surface area (Å²) in [4.78, 5) is 18.1. The highest BCUT2D eigenvalue weighted by atomic mass is 16.3. The van der Waals surface area contributed by atoms with E-state index in [0.29, 0.717) is 6.54 Å². The van der Waals surface area contributed by atoms with E-state index in [9.17, 15) is 5.11 Å². The third-order valence-electron chi connectivity index (χ3n) is 5.69. The summed E-state index contributed by atoms with van der Waals surface area (Å²) >= 11 is 0. The second-order valence-electron chi connectivity index (χ2n) is 8.16. The van der Waals surface area contributed by atoms with Gasteiger partial charge in [-0.05, 0) is 32.1 Å². The molecule has 0 bridgehead atoms. The van der Waals surface area contributed by atoms with Crippen LogP contribution >= 0.6 is 0 Å². The van der Waals surface area contributed by atoms with Crippen LogP contribution in [-0.4, -0.2) is 79.4 Å². The van der Waals surface area contributed by atoms with E-state index in [1.54, 1.807) is 6.33 Å². The molecule has 1 aromatic heterocycles. The first-order valence-electron chi connectivity index (χ1n) is 9.96. The first-order valence-corrected chi connectivity index (χ1v) is 9.96. The molecule has 1 aromatic carbocycles. The zero-order valence-corrected chi connectivity index (χ0v) is 17.0. The van der Waals surface area contributed by atoms with Gasteiger partial charge in [0, 0.05) is 57.6 Å². The number of hydrogen-bond acceptors (Lipinski definition) is 7. The highest BCUT2D eigenvalue weighted by Crippen LogP contribution is 2.29. The van der Waals surface area contributed by atoms with Crippen molar-refractivity contribution in [1.29, 1.82) is 0 Å². The molecule has 1 saturated heterocycles. The first kappa shape index (κ1) is 19.0. The summed E-state index contributed by atoms with van der Waals surface area (Å²) in [6, 6.07) is 10.9. The summed E-state index contributed by atoms with van der Waals surface area (Å²) in [5.41, 5.74) is 2.60. The van der Waals surface area contributed by atoms with Crippen molar-refractivity contribution in [3.63, 3.8) is 0 Å². The van der Waals surface area contributed by atoms with Crippen molar-refractivity contribution in [2.45, 2.75) is 25.1 Å². The molecule has 2 atom stereocenters. The lowest BCUT2D eigenvalue weighted by molar-refractivity contribution is 0.191. The van der Waals surface area contributed by atoms with Crippen molar-refractivity contribution in [3.8, 4) is 0 Å². The summed E-state index contributed by atoms with van der Waals surface area (Å²) in [6.45, 7) is 4.22. The third kappa shape index (κ3) is 3.91. The Bertz CT molecular complexity index is 813. The van der Waals surface area contributed by atoms with Crippen molar-refractivity contribution in [3.05, 3.63) is 42.2 Å². The fourth-order valence-electron chi connectivity index (χ4n) is 4.32. The third-order valence-corrected chi connectivity index (χ3v) is 5.69. The molecule has 28 heavy (non-hydrogen) atoms. The maximum atomic E-state index is 10.2. The highest BCUT2D eigenvalue weighted by Gasteiger charge is 2.32. The van der Waals surface area contributed by atoms with Crippen LogP contribution in [0, 0.1) is 0 Å². The van der Waals surface area contributed by atoms with Crippen LogP contribution < -0.4 is 14.7 Å². The summed E-state index contributed by atoms with van der Waals surface area (Å²) in [5, 5.41) is 10.2. The SMILES string of the molecule is CN(C)C[C@H]1C[C@@H](O)CN1c1cc(N2CCN(C)c3ccccc3C2)ncn1. The number of para-hydroxylation sites is 1. The number of benzene rings is 1. The molecule has 1 fully saturated rings. The number of rotatable bonds is 4. The normalized spacial score (nSPS) is 22.5. The topological polar surface area (TPSA) is 59.0 Å². The molecule has 0 saturated carbocycles. The Morgan fingerprint density at radius 1 is 1.14 bits per heavy atom. The molecule has 150 valence electrons. The Morgan fingerprint density at radius 2 is 1.93 bits per heavy atom. The van der Waals surface area contributed by atoms with E-state index in [-0.39, 0.29) is 12.1 Å². The largest absolute Gasteiger partial charge is 0.391 e. The van der Waals surface area contributed by atoms with Gasteiger partial charge >= 0.3 is 0 Å².